The fourth-order valence-corrected chi connectivity index (χ4v) is 1.45. The Labute approximate surface area is 64.4 Å². The highest BCUT2D eigenvalue weighted by atomic mass is 32.2. The predicted molar refractivity (Wildman–Crippen MR) is 44.0 cm³/mol. The summed E-state index contributed by atoms with van der Waals surface area (Å²) in [5.74, 6) is 0.727. The van der Waals surface area contributed by atoms with Crippen LogP contribution in [0.5, 0.6) is 0 Å². The molecule has 0 amide bonds. The summed E-state index contributed by atoms with van der Waals surface area (Å²) in [6.07, 6.45) is 0. The Kier molecular flexibility index (Phi) is 2.49. The van der Waals surface area contributed by atoms with Gasteiger partial charge in [0.2, 0.25) is 0 Å². The average Bonchev–Trinajstić information content (AvgIpc) is 2.68. The highest BCUT2D eigenvalue weighted by Gasteiger charge is 2.16. The minimum atomic E-state index is -0.741. The van der Waals surface area contributed by atoms with Gasteiger partial charge in [-0.3, -0.25) is 4.21 Å². The minimum absolute atomic E-state index is 0.727. The van der Waals surface area contributed by atoms with Crippen molar-refractivity contribution in [1.29, 1.82) is 0 Å². The van der Waals surface area contributed by atoms with E-state index >= 15 is 0 Å². The molecule has 1 rings (SSSR count). The molecule has 1 unspecified atom stereocenters. The van der Waals surface area contributed by atoms with E-state index in [1.54, 1.807) is 0 Å². The molecule has 1 aliphatic rings. The van der Waals surface area contributed by atoms with E-state index in [2.05, 4.69) is 4.90 Å². The van der Waals surface area contributed by atoms with Gasteiger partial charge >= 0.3 is 0 Å². The lowest BCUT2D eigenvalue weighted by Crippen LogP contribution is -1.95. The molecule has 0 radical (unpaired) electrons. The van der Waals surface area contributed by atoms with Crippen LogP contribution in [0.15, 0.2) is 11.1 Å². The van der Waals surface area contributed by atoms with Crippen LogP contribution >= 0.6 is 0 Å². The van der Waals surface area contributed by atoms with E-state index in [0.29, 0.717) is 0 Å². The highest BCUT2D eigenvalue weighted by molar-refractivity contribution is 7.87. The summed E-state index contributed by atoms with van der Waals surface area (Å²) in [7, 11) is -0.741. The second-order valence-electron chi connectivity index (χ2n) is 2.42. The molecule has 0 aromatic carbocycles. The number of hydrogen-bond acceptors (Lipinski definition) is 2. The minimum Gasteiger partial charge on any atom is -0.371 e. The summed E-state index contributed by atoms with van der Waals surface area (Å²) >= 11 is 0. The Morgan fingerprint density at radius 1 is 1.70 bits per heavy atom. The standard InChI is InChI=1S/C7H13NOS/c1-3-10(9)6-7(2)8-4-5-8/h6H,3-5H2,1-2H3/b7-6+. The van der Waals surface area contributed by atoms with Gasteiger partial charge in [-0.1, -0.05) is 6.92 Å². The van der Waals surface area contributed by atoms with E-state index in [1.165, 1.54) is 5.70 Å². The number of rotatable bonds is 3. The lowest BCUT2D eigenvalue weighted by atomic mass is 10.6. The van der Waals surface area contributed by atoms with Crippen LogP contribution in [0.1, 0.15) is 13.8 Å². The summed E-state index contributed by atoms with van der Waals surface area (Å²) in [6.45, 7) is 6.23. The maximum Gasteiger partial charge on any atom is 0.0470 e. The van der Waals surface area contributed by atoms with Crippen molar-refractivity contribution < 1.29 is 4.21 Å². The summed E-state index contributed by atoms with van der Waals surface area (Å²) in [5.41, 5.74) is 1.17. The predicted octanol–water partition coefficient (Wildman–Crippen LogP) is 0.932. The highest BCUT2D eigenvalue weighted by Crippen LogP contribution is 2.13. The van der Waals surface area contributed by atoms with Gasteiger partial charge in [0.25, 0.3) is 0 Å². The molecule has 0 N–H and O–H groups in total. The van der Waals surface area contributed by atoms with Gasteiger partial charge in [-0.05, 0) is 6.92 Å². The molecule has 0 aromatic rings. The van der Waals surface area contributed by atoms with Gasteiger partial charge in [0.15, 0.2) is 0 Å². The first kappa shape index (κ1) is 7.79. The molecule has 1 atom stereocenters. The first-order chi connectivity index (χ1) is 4.74. The third kappa shape index (κ3) is 2.14. The second kappa shape index (κ2) is 3.19. The summed E-state index contributed by atoms with van der Waals surface area (Å²) in [6, 6.07) is 0. The maximum absolute atomic E-state index is 11.0. The van der Waals surface area contributed by atoms with Crippen molar-refractivity contribution in [1.82, 2.24) is 4.90 Å². The molecule has 1 saturated heterocycles. The third-order valence-electron chi connectivity index (χ3n) is 1.53. The Balaban J connectivity index is 2.43. The molecule has 0 saturated carbocycles. The van der Waals surface area contributed by atoms with Crippen molar-refractivity contribution in [3.8, 4) is 0 Å². The first-order valence-corrected chi connectivity index (χ1v) is 4.92. The molecule has 10 heavy (non-hydrogen) atoms. The molecule has 0 aromatic heterocycles. The second-order valence-corrected chi connectivity index (χ2v) is 3.99. The van der Waals surface area contributed by atoms with Crippen LogP contribution in [0.3, 0.4) is 0 Å². The molecule has 58 valence electrons. The van der Waals surface area contributed by atoms with Gasteiger partial charge in [0.05, 0.1) is 0 Å². The lowest BCUT2D eigenvalue weighted by molar-refractivity contribution is 0.682. The van der Waals surface area contributed by atoms with Crippen LogP contribution in [-0.4, -0.2) is 28.0 Å². The molecule has 0 spiro atoms. The normalized spacial score (nSPS) is 21.0. The van der Waals surface area contributed by atoms with Crippen LogP contribution in [0.2, 0.25) is 0 Å². The quantitative estimate of drug-likeness (QED) is 0.571. The van der Waals surface area contributed by atoms with E-state index in [0.717, 1.165) is 18.8 Å². The molecule has 0 bridgehead atoms. The molecule has 3 heteroatoms. The molecule has 1 fully saturated rings. The van der Waals surface area contributed by atoms with Crippen molar-refractivity contribution in [3.63, 3.8) is 0 Å². The van der Waals surface area contributed by atoms with Crippen LogP contribution in [-0.2, 0) is 10.8 Å². The smallest absolute Gasteiger partial charge is 0.0470 e. The number of allylic oxidation sites excluding steroid dienone is 1. The summed E-state index contributed by atoms with van der Waals surface area (Å²) in [4.78, 5) is 2.20. The Hall–Kier alpha value is -0.310. The van der Waals surface area contributed by atoms with Crippen molar-refractivity contribution in [3.05, 3.63) is 11.1 Å². The first-order valence-electron chi connectivity index (χ1n) is 3.54. The van der Waals surface area contributed by atoms with Gasteiger partial charge in [-0.25, -0.2) is 0 Å². The molecular weight excluding hydrogens is 146 g/mol. The van der Waals surface area contributed by atoms with Crippen LogP contribution in [0, 0.1) is 0 Å². The number of nitrogens with zero attached hydrogens (tertiary/aromatic N) is 1. The zero-order valence-corrected chi connectivity index (χ0v) is 7.28. The topological polar surface area (TPSA) is 20.1 Å². The van der Waals surface area contributed by atoms with Crippen molar-refractivity contribution >= 4 is 10.8 Å². The van der Waals surface area contributed by atoms with Gasteiger partial charge in [-0.2, -0.15) is 0 Å². The van der Waals surface area contributed by atoms with E-state index in [9.17, 15) is 4.21 Å². The van der Waals surface area contributed by atoms with E-state index in [4.69, 9.17) is 0 Å². The lowest BCUT2D eigenvalue weighted by Gasteiger charge is -1.99. The van der Waals surface area contributed by atoms with Crippen LogP contribution < -0.4 is 0 Å². The van der Waals surface area contributed by atoms with Gasteiger partial charge in [0, 0.05) is 40.7 Å². The Morgan fingerprint density at radius 3 is 2.70 bits per heavy atom. The molecule has 0 aliphatic carbocycles. The molecule has 1 aliphatic heterocycles. The monoisotopic (exact) mass is 159 g/mol. The number of hydrogen-bond donors (Lipinski definition) is 0. The fraction of sp³-hybridized carbons (Fsp3) is 0.714. The van der Waals surface area contributed by atoms with E-state index in [1.807, 2.05) is 19.3 Å². The zero-order valence-electron chi connectivity index (χ0n) is 6.46. The Morgan fingerprint density at radius 2 is 2.30 bits per heavy atom. The van der Waals surface area contributed by atoms with Crippen molar-refractivity contribution in [2.45, 2.75) is 13.8 Å². The van der Waals surface area contributed by atoms with Gasteiger partial charge in [0.1, 0.15) is 0 Å². The molecule has 2 nitrogen and oxygen atoms in total. The summed E-state index contributed by atoms with van der Waals surface area (Å²) < 4.78 is 11.0. The van der Waals surface area contributed by atoms with Crippen LogP contribution in [0.25, 0.3) is 0 Å². The fourth-order valence-electron chi connectivity index (χ4n) is 0.751. The maximum atomic E-state index is 11.0. The molecular formula is C7H13NOS. The van der Waals surface area contributed by atoms with Crippen LogP contribution in [0.4, 0.5) is 0 Å². The third-order valence-corrected chi connectivity index (χ3v) is 2.71. The Bertz CT molecular complexity index is 172. The molecule has 1 heterocycles. The van der Waals surface area contributed by atoms with Crippen molar-refractivity contribution in [2.24, 2.45) is 0 Å². The van der Waals surface area contributed by atoms with Gasteiger partial charge in [-0.15, -0.1) is 0 Å². The SMILES string of the molecule is CCS(=O)/C=C(\C)N1CC1. The van der Waals surface area contributed by atoms with E-state index < -0.39 is 10.8 Å². The van der Waals surface area contributed by atoms with Gasteiger partial charge < -0.3 is 4.90 Å². The van der Waals surface area contributed by atoms with Crippen molar-refractivity contribution in [2.75, 3.05) is 18.8 Å². The summed E-state index contributed by atoms with van der Waals surface area (Å²) in [5, 5.41) is 1.84. The average molecular weight is 159 g/mol. The van der Waals surface area contributed by atoms with E-state index in [-0.39, 0.29) is 0 Å². The largest absolute Gasteiger partial charge is 0.371 e. The zero-order chi connectivity index (χ0) is 7.56.